The first-order valence-corrected chi connectivity index (χ1v) is 5.59. The van der Waals surface area contributed by atoms with Crippen molar-refractivity contribution < 1.29 is 4.74 Å². The first-order chi connectivity index (χ1) is 7.90. The molecule has 2 rings (SSSR count). The van der Waals surface area contributed by atoms with Crippen LogP contribution in [0.1, 0.15) is 11.1 Å². The lowest BCUT2D eigenvalue weighted by atomic mass is 10.2. The highest BCUT2D eigenvalue weighted by Gasteiger charge is 2.01. The van der Waals surface area contributed by atoms with Crippen molar-refractivity contribution in [2.75, 3.05) is 0 Å². The normalized spacial score (nSPS) is 10.1. The molecule has 0 spiro atoms. The Morgan fingerprint density at radius 3 is 2.75 bits per heavy atom. The summed E-state index contributed by atoms with van der Waals surface area (Å²) in [5.41, 5.74) is 2.06. The maximum Gasteiger partial charge on any atom is 0.124 e. The molecule has 0 fully saturated rings. The van der Waals surface area contributed by atoms with Gasteiger partial charge < -0.3 is 4.74 Å². The predicted octanol–water partition coefficient (Wildman–Crippen LogP) is 3.40. The minimum atomic E-state index is 0.462. The molecular weight excluding hydrogens is 222 g/mol. The number of ether oxygens (including phenoxy) is 1. The van der Waals surface area contributed by atoms with Crippen LogP contribution in [0.3, 0.4) is 0 Å². The molecule has 2 aromatic rings. The largest absolute Gasteiger partial charge is 0.489 e. The van der Waals surface area contributed by atoms with Crippen LogP contribution >= 0.6 is 11.6 Å². The fraction of sp³-hybridized carbons (Fsp3) is 0.154. The zero-order valence-corrected chi connectivity index (χ0v) is 9.52. The van der Waals surface area contributed by atoms with Crippen LogP contribution in [0.5, 0.6) is 5.75 Å². The van der Waals surface area contributed by atoms with Gasteiger partial charge in [-0.3, -0.25) is 4.98 Å². The third kappa shape index (κ3) is 2.74. The Bertz CT molecular complexity index is 445. The second-order valence-electron chi connectivity index (χ2n) is 3.39. The van der Waals surface area contributed by atoms with Crippen LogP contribution in [-0.4, -0.2) is 4.98 Å². The highest BCUT2D eigenvalue weighted by Crippen LogP contribution is 2.20. The van der Waals surface area contributed by atoms with E-state index in [0.717, 1.165) is 16.9 Å². The SMILES string of the molecule is ClCc1ccccc1OCc1cccnc1. The van der Waals surface area contributed by atoms with Gasteiger partial charge in [-0.15, -0.1) is 11.6 Å². The number of para-hydroxylation sites is 1. The zero-order valence-electron chi connectivity index (χ0n) is 8.77. The van der Waals surface area contributed by atoms with Crippen LogP contribution in [0.15, 0.2) is 48.8 Å². The molecule has 1 aromatic carbocycles. The lowest BCUT2D eigenvalue weighted by Gasteiger charge is -2.09. The molecule has 82 valence electrons. The van der Waals surface area contributed by atoms with Crippen molar-refractivity contribution in [3.05, 3.63) is 59.9 Å². The number of nitrogens with zero attached hydrogens (tertiary/aromatic N) is 1. The maximum absolute atomic E-state index is 5.82. The van der Waals surface area contributed by atoms with E-state index in [4.69, 9.17) is 16.3 Å². The second-order valence-corrected chi connectivity index (χ2v) is 3.66. The molecule has 1 heterocycles. The first kappa shape index (κ1) is 11.0. The van der Waals surface area contributed by atoms with E-state index in [1.54, 1.807) is 12.4 Å². The number of hydrogen-bond acceptors (Lipinski definition) is 2. The Morgan fingerprint density at radius 1 is 1.12 bits per heavy atom. The second kappa shape index (κ2) is 5.52. The number of halogens is 1. The average molecular weight is 234 g/mol. The van der Waals surface area contributed by atoms with E-state index >= 15 is 0 Å². The highest BCUT2D eigenvalue weighted by atomic mass is 35.5. The van der Waals surface area contributed by atoms with E-state index in [2.05, 4.69) is 4.98 Å². The molecule has 0 saturated carbocycles. The Morgan fingerprint density at radius 2 is 2.00 bits per heavy atom. The van der Waals surface area contributed by atoms with Crippen LogP contribution in [0.2, 0.25) is 0 Å². The molecule has 16 heavy (non-hydrogen) atoms. The number of pyridine rings is 1. The average Bonchev–Trinajstić information content (AvgIpc) is 2.38. The van der Waals surface area contributed by atoms with Crippen molar-refractivity contribution in [1.82, 2.24) is 4.98 Å². The minimum Gasteiger partial charge on any atom is -0.489 e. The quantitative estimate of drug-likeness (QED) is 0.756. The third-order valence-electron chi connectivity index (χ3n) is 2.23. The van der Waals surface area contributed by atoms with Gasteiger partial charge in [-0.2, -0.15) is 0 Å². The van der Waals surface area contributed by atoms with E-state index in [9.17, 15) is 0 Å². The maximum atomic E-state index is 5.82. The summed E-state index contributed by atoms with van der Waals surface area (Å²) < 4.78 is 5.69. The molecule has 0 unspecified atom stereocenters. The van der Waals surface area contributed by atoms with Gasteiger partial charge in [0.1, 0.15) is 12.4 Å². The molecule has 0 N–H and O–H groups in total. The summed E-state index contributed by atoms with van der Waals surface area (Å²) in [5, 5.41) is 0. The summed E-state index contributed by atoms with van der Waals surface area (Å²) in [6.07, 6.45) is 3.54. The molecule has 2 nitrogen and oxygen atoms in total. The Balaban J connectivity index is 2.05. The van der Waals surface area contributed by atoms with Crippen LogP contribution in [0.4, 0.5) is 0 Å². The van der Waals surface area contributed by atoms with Gasteiger partial charge >= 0.3 is 0 Å². The molecule has 0 amide bonds. The number of benzene rings is 1. The molecule has 0 aliphatic heterocycles. The van der Waals surface area contributed by atoms with E-state index in [1.165, 1.54) is 0 Å². The van der Waals surface area contributed by atoms with Crippen molar-refractivity contribution in [1.29, 1.82) is 0 Å². The van der Waals surface area contributed by atoms with Gasteiger partial charge in [-0.05, 0) is 12.1 Å². The van der Waals surface area contributed by atoms with Crippen LogP contribution in [0, 0.1) is 0 Å². The smallest absolute Gasteiger partial charge is 0.124 e. The zero-order chi connectivity index (χ0) is 11.2. The molecule has 0 aliphatic carbocycles. The standard InChI is InChI=1S/C13H12ClNO/c14-8-12-5-1-2-6-13(12)16-10-11-4-3-7-15-9-11/h1-7,9H,8,10H2. The fourth-order valence-electron chi connectivity index (χ4n) is 1.40. The van der Waals surface area contributed by atoms with Gasteiger partial charge in [-0.25, -0.2) is 0 Å². The summed E-state index contributed by atoms with van der Waals surface area (Å²) in [6, 6.07) is 11.7. The van der Waals surface area contributed by atoms with Crippen molar-refractivity contribution in [3.63, 3.8) is 0 Å². The number of hydrogen-bond donors (Lipinski definition) is 0. The molecule has 0 radical (unpaired) electrons. The van der Waals surface area contributed by atoms with E-state index in [1.807, 2.05) is 36.4 Å². The van der Waals surface area contributed by atoms with E-state index in [0.29, 0.717) is 12.5 Å². The Labute approximate surface area is 99.9 Å². The molecule has 0 saturated heterocycles. The topological polar surface area (TPSA) is 22.1 Å². The molecule has 1 aromatic heterocycles. The van der Waals surface area contributed by atoms with Gasteiger partial charge in [0.05, 0.1) is 5.88 Å². The van der Waals surface area contributed by atoms with Crippen molar-refractivity contribution in [2.24, 2.45) is 0 Å². The summed E-state index contributed by atoms with van der Waals surface area (Å²) in [5.74, 6) is 1.30. The number of rotatable bonds is 4. The fourth-order valence-corrected chi connectivity index (χ4v) is 1.62. The number of aromatic nitrogens is 1. The van der Waals surface area contributed by atoms with Crippen molar-refractivity contribution >= 4 is 11.6 Å². The van der Waals surface area contributed by atoms with Crippen LogP contribution in [0.25, 0.3) is 0 Å². The number of alkyl halides is 1. The lowest BCUT2D eigenvalue weighted by molar-refractivity contribution is 0.303. The van der Waals surface area contributed by atoms with E-state index < -0.39 is 0 Å². The lowest BCUT2D eigenvalue weighted by Crippen LogP contribution is -1.97. The highest BCUT2D eigenvalue weighted by molar-refractivity contribution is 6.17. The van der Waals surface area contributed by atoms with Gasteiger partial charge in [0, 0.05) is 23.5 Å². The monoisotopic (exact) mass is 233 g/mol. The Kier molecular flexibility index (Phi) is 3.78. The third-order valence-corrected chi connectivity index (χ3v) is 2.52. The molecule has 0 bridgehead atoms. The van der Waals surface area contributed by atoms with Gasteiger partial charge in [0.25, 0.3) is 0 Å². The first-order valence-electron chi connectivity index (χ1n) is 5.05. The molecule has 3 heteroatoms. The molecular formula is C13H12ClNO. The molecule has 0 aliphatic rings. The van der Waals surface area contributed by atoms with Gasteiger partial charge in [-0.1, -0.05) is 24.3 Å². The van der Waals surface area contributed by atoms with E-state index in [-0.39, 0.29) is 0 Å². The summed E-state index contributed by atoms with van der Waals surface area (Å²) in [6.45, 7) is 0.516. The van der Waals surface area contributed by atoms with Crippen molar-refractivity contribution in [3.8, 4) is 5.75 Å². The minimum absolute atomic E-state index is 0.462. The van der Waals surface area contributed by atoms with Crippen molar-refractivity contribution in [2.45, 2.75) is 12.5 Å². The summed E-state index contributed by atoms with van der Waals surface area (Å²) in [7, 11) is 0. The molecule has 0 atom stereocenters. The predicted molar refractivity (Wildman–Crippen MR) is 64.6 cm³/mol. The van der Waals surface area contributed by atoms with Crippen LogP contribution < -0.4 is 4.74 Å². The van der Waals surface area contributed by atoms with Gasteiger partial charge in [0.15, 0.2) is 0 Å². The van der Waals surface area contributed by atoms with Crippen LogP contribution in [-0.2, 0) is 12.5 Å². The summed E-state index contributed by atoms with van der Waals surface area (Å²) >= 11 is 5.82. The van der Waals surface area contributed by atoms with Gasteiger partial charge in [0.2, 0.25) is 0 Å². The Hall–Kier alpha value is -1.54. The summed E-state index contributed by atoms with van der Waals surface area (Å²) in [4.78, 5) is 4.03.